The molecule has 0 fully saturated rings. The van der Waals surface area contributed by atoms with Gasteiger partial charge in [0.15, 0.2) is 5.78 Å². The average Bonchev–Trinajstić information content (AvgIpc) is 2.32. The van der Waals surface area contributed by atoms with Crippen molar-refractivity contribution in [3.05, 3.63) is 12.2 Å². The molecule has 1 atom stereocenters. The second kappa shape index (κ2) is 2.49. The first-order chi connectivity index (χ1) is 5.11. The number of carbonyl (C=O) groups is 2. The first-order valence-electron chi connectivity index (χ1n) is 3.40. The Kier molecular flexibility index (Phi) is 1.81. The van der Waals surface area contributed by atoms with Crippen molar-refractivity contribution < 1.29 is 14.3 Å². The van der Waals surface area contributed by atoms with Crippen molar-refractivity contribution in [3.63, 3.8) is 0 Å². The third kappa shape index (κ3) is 1.06. The molecule has 1 aliphatic rings. The summed E-state index contributed by atoms with van der Waals surface area (Å²) < 4.78 is 4.51. The molecule has 0 saturated heterocycles. The fourth-order valence-electron chi connectivity index (χ4n) is 1.10. The number of methoxy groups -OCH3 is 1. The lowest BCUT2D eigenvalue weighted by Crippen LogP contribution is -2.33. The van der Waals surface area contributed by atoms with Crippen LogP contribution in [0.1, 0.15) is 13.3 Å². The van der Waals surface area contributed by atoms with Gasteiger partial charge in [-0.15, -0.1) is 0 Å². The molecule has 0 aromatic carbocycles. The summed E-state index contributed by atoms with van der Waals surface area (Å²) in [7, 11) is 1.29. The van der Waals surface area contributed by atoms with Crippen LogP contribution in [0, 0.1) is 5.41 Å². The zero-order valence-corrected chi connectivity index (χ0v) is 6.59. The number of carbonyl (C=O) groups excluding carboxylic acids is 2. The molecular formula is C8H10O3. The van der Waals surface area contributed by atoms with E-state index in [1.807, 2.05) is 0 Å². The molecule has 0 aromatic rings. The minimum absolute atomic E-state index is 0.163. The number of hydrogen-bond acceptors (Lipinski definition) is 3. The van der Waals surface area contributed by atoms with E-state index in [1.165, 1.54) is 13.2 Å². The monoisotopic (exact) mass is 154 g/mol. The summed E-state index contributed by atoms with van der Waals surface area (Å²) in [5.41, 5.74) is -0.950. The molecule has 0 heterocycles. The Morgan fingerprint density at radius 1 is 1.73 bits per heavy atom. The lowest BCUT2D eigenvalue weighted by atomic mass is 9.87. The number of ether oxygens (including phenoxy) is 1. The Labute approximate surface area is 65.0 Å². The predicted molar refractivity (Wildman–Crippen MR) is 38.9 cm³/mol. The third-order valence-corrected chi connectivity index (χ3v) is 1.98. The van der Waals surface area contributed by atoms with Gasteiger partial charge in [0.1, 0.15) is 5.41 Å². The Morgan fingerprint density at radius 3 is 2.73 bits per heavy atom. The maximum atomic E-state index is 11.1. The van der Waals surface area contributed by atoms with Crippen molar-refractivity contribution in [2.45, 2.75) is 13.3 Å². The van der Waals surface area contributed by atoms with Crippen LogP contribution >= 0.6 is 0 Å². The van der Waals surface area contributed by atoms with Crippen molar-refractivity contribution in [1.82, 2.24) is 0 Å². The van der Waals surface area contributed by atoms with Gasteiger partial charge in [0.25, 0.3) is 0 Å². The molecular weight excluding hydrogens is 144 g/mol. The summed E-state index contributed by atoms with van der Waals surface area (Å²) in [6.45, 7) is 1.60. The topological polar surface area (TPSA) is 43.4 Å². The zero-order valence-electron chi connectivity index (χ0n) is 6.59. The van der Waals surface area contributed by atoms with Gasteiger partial charge in [-0.2, -0.15) is 0 Å². The number of hydrogen-bond donors (Lipinski definition) is 0. The zero-order chi connectivity index (χ0) is 8.48. The quantitative estimate of drug-likeness (QED) is 0.412. The summed E-state index contributed by atoms with van der Waals surface area (Å²) in [6.07, 6.45) is 3.58. The number of esters is 1. The first kappa shape index (κ1) is 7.98. The first-order valence-corrected chi connectivity index (χ1v) is 3.40. The normalized spacial score (nSPS) is 29.1. The highest BCUT2D eigenvalue weighted by atomic mass is 16.5. The average molecular weight is 154 g/mol. The molecule has 3 nitrogen and oxygen atoms in total. The standard InChI is InChI=1S/C8H10O3/c1-8(7(10)11-2)5-3-4-6(8)9/h3-4H,5H2,1-2H3. The minimum atomic E-state index is -0.950. The van der Waals surface area contributed by atoms with Crippen LogP contribution in [0.4, 0.5) is 0 Å². The number of allylic oxidation sites excluding steroid dienone is 2. The maximum absolute atomic E-state index is 11.1. The van der Waals surface area contributed by atoms with Gasteiger partial charge in [-0.1, -0.05) is 6.08 Å². The molecule has 0 aromatic heterocycles. The Balaban J connectivity index is 2.84. The number of ketones is 1. The van der Waals surface area contributed by atoms with Gasteiger partial charge >= 0.3 is 5.97 Å². The van der Waals surface area contributed by atoms with E-state index in [-0.39, 0.29) is 5.78 Å². The summed E-state index contributed by atoms with van der Waals surface area (Å²) in [6, 6.07) is 0. The van der Waals surface area contributed by atoms with Crippen LogP contribution in [-0.2, 0) is 14.3 Å². The van der Waals surface area contributed by atoms with Crippen molar-refractivity contribution in [2.75, 3.05) is 7.11 Å². The van der Waals surface area contributed by atoms with Gasteiger partial charge in [-0.05, 0) is 19.4 Å². The minimum Gasteiger partial charge on any atom is -0.468 e. The van der Waals surface area contributed by atoms with Gasteiger partial charge in [0.05, 0.1) is 7.11 Å². The van der Waals surface area contributed by atoms with Gasteiger partial charge in [-0.3, -0.25) is 9.59 Å². The maximum Gasteiger partial charge on any atom is 0.319 e. The van der Waals surface area contributed by atoms with Gasteiger partial charge in [0.2, 0.25) is 0 Å². The second-order valence-electron chi connectivity index (χ2n) is 2.79. The fraction of sp³-hybridized carbons (Fsp3) is 0.500. The smallest absolute Gasteiger partial charge is 0.319 e. The Bertz CT molecular complexity index is 229. The largest absolute Gasteiger partial charge is 0.468 e. The summed E-state index contributed by atoms with van der Waals surface area (Å²) in [4.78, 5) is 22.2. The van der Waals surface area contributed by atoms with Crippen molar-refractivity contribution >= 4 is 11.8 Å². The van der Waals surface area contributed by atoms with Crippen LogP contribution in [0.3, 0.4) is 0 Å². The van der Waals surface area contributed by atoms with Crippen LogP contribution in [0.5, 0.6) is 0 Å². The summed E-state index contributed by atoms with van der Waals surface area (Å²) in [5.74, 6) is -0.614. The lowest BCUT2D eigenvalue weighted by Gasteiger charge is -2.17. The molecule has 0 bridgehead atoms. The van der Waals surface area contributed by atoms with Crippen LogP contribution in [0.15, 0.2) is 12.2 Å². The Hall–Kier alpha value is -1.12. The van der Waals surface area contributed by atoms with E-state index in [0.717, 1.165) is 0 Å². The molecule has 0 N–H and O–H groups in total. The molecule has 1 aliphatic carbocycles. The SMILES string of the molecule is COC(=O)C1(C)CC=CC1=O. The van der Waals surface area contributed by atoms with E-state index >= 15 is 0 Å². The van der Waals surface area contributed by atoms with E-state index in [0.29, 0.717) is 6.42 Å². The summed E-state index contributed by atoms with van der Waals surface area (Å²) in [5, 5.41) is 0. The van der Waals surface area contributed by atoms with Crippen molar-refractivity contribution in [1.29, 1.82) is 0 Å². The molecule has 11 heavy (non-hydrogen) atoms. The molecule has 0 spiro atoms. The summed E-state index contributed by atoms with van der Waals surface area (Å²) >= 11 is 0. The third-order valence-electron chi connectivity index (χ3n) is 1.98. The molecule has 0 saturated carbocycles. The Morgan fingerprint density at radius 2 is 2.36 bits per heavy atom. The predicted octanol–water partition coefficient (Wildman–Crippen LogP) is 0.695. The van der Waals surface area contributed by atoms with Gasteiger partial charge < -0.3 is 4.74 Å². The molecule has 3 heteroatoms. The van der Waals surface area contributed by atoms with Crippen molar-refractivity contribution in [3.8, 4) is 0 Å². The van der Waals surface area contributed by atoms with E-state index in [9.17, 15) is 9.59 Å². The van der Waals surface area contributed by atoms with Crippen LogP contribution < -0.4 is 0 Å². The van der Waals surface area contributed by atoms with Crippen molar-refractivity contribution in [2.24, 2.45) is 5.41 Å². The van der Waals surface area contributed by atoms with Crippen LogP contribution in [0.25, 0.3) is 0 Å². The highest BCUT2D eigenvalue weighted by Crippen LogP contribution is 2.30. The second-order valence-corrected chi connectivity index (χ2v) is 2.79. The highest BCUT2D eigenvalue weighted by Gasteiger charge is 2.42. The van der Waals surface area contributed by atoms with E-state index in [2.05, 4.69) is 4.74 Å². The number of rotatable bonds is 1. The van der Waals surface area contributed by atoms with E-state index in [1.54, 1.807) is 13.0 Å². The molecule has 60 valence electrons. The van der Waals surface area contributed by atoms with Gasteiger partial charge in [0, 0.05) is 0 Å². The highest BCUT2D eigenvalue weighted by molar-refractivity contribution is 6.10. The molecule has 1 rings (SSSR count). The van der Waals surface area contributed by atoms with E-state index < -0.39 is 11.4 Å². The van der Waals surface area contributed by atoms with E-state index in [4.69, 9.17) is 0 Å². The van der Waals surface area contributed by atoms with Gasteiger partial charge in [-0.25, -0.2) is 0 Å². The fourth-order valence-corrected chi connectivity index (χ4v) is 1.10. The molecule has 0 aliphatic heterocycles. The molecule has 0 amide bonds. The van der Waals surface area contributed by atoms with Crippen LogP contribution in [-0.4, -0.2) is 18.9 Å². The van der Waals surface area contributed by atoms with Crippen LogP contribution in [0.2, 0.25) is 0 Å². The molecule has 1 unspecified atom stereocenters. The molecule has 0 radical (unpaired) electrons. The lowest BCUT2D eigenvalue weighted by molar-refractivity contribution is -0.154.